The van der Waals surface area contributed by atoms with Crippen molar-refractivity contribution in [2.24, 2.45) is 5.92 Å². The van der Waals surface area contributed by atoms with E-state index in [1.165, 1.54) is 16.1 Å². The van der Waals surface area contributed by atoms with E-state index in [0.717, 1.165) is 0 Å². The van der Waals surface area contributed by atoms with Gasteiger partial charge in [-0.25, -0.2) is 4.72 Å². The highest BCUT2D eigenvalue weighted by molar-refractivity contribution is 7.99. The first-order valence-electron chi connectivity index (χ1n) is 5.96. The van der Waals surface area contributed by atoms with Gasteiger partial charge in [0.1, 0.15) is 0 Å². The second-order valence-corrected chi connectivity index (χ2v) is 7.03. The smallest absolute Gasteiger partial charge is 0.306 e. The molecule has 1 aliphatic heterocycles. The number of terminal acetylenes is 1. The molecule has 0 spiro atoms. The number of hydrogen-bond acceptors (Lipinski definition) is 4. The van der Waals surface area contributed by atoms with Crippen LogP contribution in [0.15, 0.2) is 0 Å². The van der Waals surface area contributed by atoms with Gasteiger partial charge in [0.15, 0.2) is 0 Å². The summed E-state index contributed by atoms with van der Waals surface area (Å²) >= 11 is 1.49. The molecule has 19 heavy (non-hydrogen) atoms. The van der Waals surface area contributed by atoms with Gasteiger partial charge in [-0.1, -0.05) is 5.92 Å². The van der Waals surface area contributed by atoms with Gasteiger partial charge in [0.05, 0.1) is 11.7 Å². The van der Waals surface area contributed by atoms with E-state index in [2.05, 4.69) is 10.6 Å². The minimum atomic E-state index is -3.49. The largest absolute Gasteiger partial charge is 0.481 e. The summed E-state index contributed by atoms with van der Waals surface area (Å²) in [4.78, 5) is 10.8. The van der Waals surface area contributed by atoms with E-state index in [0.29, 0.717) is 30.9 Å². The summed E-state index contributed by atoms with van der Waals surface area (Å²) in [6.07, 6.45) is 5.81. The molecule has 0 radical (unpaired) electrons. The van der Waals surface area contributed by atoms with E-state index in [1.807, 2.05) is 0 Å². The fourth-order valence-corrected chi connectivity index (χ4v) is 3.68. The molecule has 1 saturated heterocycles. The maximum atomic E-state index is 11.9. The summed E-state index contributed by atoms with van der Waals surface area (Å²) in [5.41, 5.74) is 0. The molecule has 0 aromatic carbocycles. The molecule has 0 aliphatic carbocycles. The normalized spacial score (nSPS) is 18.1. The molecule has 0 amide bonds. The zero-order valence-electron chi connectivity index (χ0n) is 10.5. The predicted molar refractivity (Wildman–Crippen MR) is 75.0 cm³/mol. The molecule has 0 atom stereocenters. The Balaban J connectivity index is 2.34. The third kappa shape index (κ3) is 5.40. The number of rotatable bonds is 7. The van der Waals surface area contributed by atoms with E-state index in [-0.39, 0.29) is 13.1 Å². The number of aliphatic carboxylic acids is 1. The van der Waals surface area contributed by atoms with Gasteiger partial charge in [0.2, 0.25) is 0 Å². The number of nitrogens with zero attached hydrogens (tertiary/aromatic N) is 1. The van der Waals surface area contributed by atoms with Gasteiger partial charge in [0.25, 0.3) is 10.2 Å². The summed E-state index contributed by atoms with van der Waals surface area (Å²) in [7, 11) is -3.49. The Labute approximate surface area is 118 Å². The van der Waals surface area contributed by atoms with Crippen LogP contribution in [0.2, 0.25) is 0 Å². The Kier molecular flexibility index (Phi) is 6.65. The molecule has 1 rings (SSSR count). The van der Waals surface area contributed by atoms with E-state index in [4.69, 9.17) is 11.5 Å². The lowest BCUT2D eigenvalue weighted by Gasteiger charge is -2.29. The first-order valence-corrected chi connectivity index (χ1v) is 8.55. The van der Waals surface area contributed by atoms with Crippen molar-refractivity contribution in [1.82, 2.24) is 9.03 Å². The topological polar surface area (TPSA) is 86.7 Å². The third-order valence-corrected chi connectivity index (χ3v) is 5.34. The maximum Gasteiger partial charge on any atom is 0.306 e. The fraction of sp³-hybridized carbons (Fsp3) is 0.727. The van der Waals surface area contributed by atoms with Gasteiger partial charge in [0, 0.05) is 25.4 Å². The Morgan fingerprint density at radius 2 is 2.11 bits per heavy atom. The van der Waals surface area contributed by atoms with Crippen LogP contribution < -0.4 is 4.72 Å². The molecular formula is C11H18N2O4S2. The number of carboxylic acids is 1. The van der Waals surface area contributed by atoms with Crippen molar-refractivity contribution >= 4 is 27.9 Å². The van der Waals surface area contributed by atoms with Gasteiger partial charge in [-0.3, -0.25) is 4.79 Å². The van der Waals surface area contributed by atoms with E-state index in [1.54, 1.807) is 0 Å². The SMILES string of the molecule is C#CCSCCNS(=O)(=O)N1CCC(C(=O)O)CC1. The molecular weight excluding hydrogens is 288 g/mol. The lowest BCUT2D eigenvalue weighted by molar-refractivity contribution is -0.142. The van der Waals surface area contributed by atoms with Crippen LogP contribution >= 0.6 is 11.8 Å². The summed E-state index contributed by atoms with van der Waals surface area (Å²) < 4.78 is 27.6. The highest BCUT2D eigenvalue weighted by atomic mass is 32.2. The van der Waals surface area contributed by atoms with Crippen LogP contribution in [0.1, 0.15) is 12.8 Å². The van der Waals surface area contributed by atoms with Crippen molar-refractivity contribution in [3.63, 3.8) is 0 Å². The summed E-state index contributed by atoms with van der Waals surface area (Å²) in [6, 6.07) is 0. The average molecular weight is 306 g/mol. The van der Waals surface area contributed by atoms with Crippen molar-refractivity contribution in [3.05, 3.63) is 0 Å². The van der Waals surface area contributed by atoms with Crippen LogP contribution in [0, 0.1) is 18.3 Å². The second-order valence-electron chi connectivity index (χ2n) is 4.17. The Morgan fingerprint density at radius 3 is 2.63 bits per heavy atom. The average Bonchev–Trinajstić information content (AvgIpc) is 2.38. The van der Waals surface area contributed by atoms with Crippen LogP contribution in [0.3, 0.4) is 0 Å². The van der Waals surface area contributed by atoms with Crippen molar-refractivity contribution in [2.45, 2.75) is 12.8 Å². The van der Waals surface area contributed by atoms with Gasteiger partial charge in [-0.2, -0.15) is 12.7 Å². The summed E-state index contributed by atoms with van der Waals surface area (Å²) in [6.45, 7) is 0.834. The van der Waals surface area contributed by atoms with Crippen LogP contribution in [0.25, 0.3) is 0 Å². The zero-order valence-corrected chi connectivity index (χ0v) is 12.2. The molecule has 8 heteroatoms. The lowest BCUT2D eigenvalue weighted by Crippen LogP contribution is -2.46. The van der Waals surface area contributed by atoms with Crippen molar-refractivity contribution < 1.29 is 18.3 Å². The maximum absolute atomic E-state index is 11.9. The summed E-state index contributed by atoms with van der Waals surface area (Å²) in [5, 5.41) is 8.85. The van der Waals surface area contributed by atoms with Crippen LogP contribution in [0.5, 0.6) is 0 Å². The highest BCUT2D eigenvalue weighted by Crippen LogP contribution is 2.19. The lowest BCUT2D eigenvalue weighted by atomic mass is 9.99. The van der Waals surface area contributed by atoms with Gasteiger partial charge in [-0.15, -0.1) is 18.2 Å². The van der Waals surface area contributed by atoms with Gasteiger partial charge < -0.3 is 5.11 Å². The number of carboxylic acid groups (broad SMARTS) is 1. The molecule has 108 valence electrons. The predicted octanol–water partition coefficient (Wildman–Crippen LogP) is -0.0162. The first-order chi connectivity index (χ1) is 8.97. The molecule has 0 aromatic rings. The Bertz CT molecular complexity index is 436. The quantitative estimate of drug-likeness (QED) is 0.510. The number of piperidine rings is 1. The van der Waals surface area contributed by atoms with Crippen molar-refractivity contribution in [2.75, 3.05) is 31.1 Å². The number of nitrogens with one attached hydrogen (secondary N) is 1. The standard InChI is InChI=1S/C11H18N2O4S2/c1-2-8-18-9-5-12-19(16,17)13-6-3-10(4-7-13)11(14)15/h1,10,12H,3-9H2,(H,14,15). The Morgan fingerprint density at radius 1 is 1.47 bits per heavy atom. The molecule has 1 aliphatic rings. The molecule has 6 nitrogen and oxygen atoms in total. The number of carbonyl (C=O) groups is 1. The van der Waals surface area contributed by atoms with E-state index >= 15 is 0 Å². The van der Waals surface area contributed by atoms with Gasteiger partial charge in [-0.05, 0) is 12.8 Å². The van der Waals surface area contributed by atoms with Crippen LogP contribution in [0.4, 0.5) is 0 Å². The molecule has 2 N–H and O–H groups in total. The second kappa shape index (κ2) is 7.75. The first kappa shape index (κ1) is 16.3. The fourth-order valence-electron chi connectivity index (χ4n) is 1.81. The van der Waals surface area contributed by atoms with Gasteiger partial charge >= 0.3 is 5.97 Å². The molecule has 0 bridgehead atoms. The molecule has 1 fully saturated rings. The minimum Gasteiger partial charge on any atom is -0.481 e. The zero-order chi connectivity index (χ0) is 14.3. The minimum absolute atomic E-state index is 0.254. The van der Waals surface area contributed by atoms with Crippen molar-refractivity contribution in [3.8, 4) is 12.3 Å². The molecule has 0 aromatic heterocycles. The highest BCUT2D eigenvalue weighted by Gasteiger charge is 2.30. The third-order valence-electron chi connectivity index (χ3n) is 2.86. The van der Waals surface area contributed by atoms with Crippen LogP contribution in [-0.2, 0) is 15.0 Å². The summed E-state index contributed by atoms with van der Waals surface area (Å²) in [5.74, 6) is 2.36. The molecule has 1 heterocycles. The van der Waals surface area contributed by atoms with E-state index in [9.17, 15) is 13.2 Å². The molecule has 0 saturated carbocycles. The monoisotopic (exact) mass is 306 g/mol. The van der Waals surface area contributed by atoms with Crippen molar-refractivity contribution in [1.29, 1.82) is 0 Å². The number of hydrogen-bond donors (Lipinski definition) is 2. The van der Waals surface area contributed by atoms with Crippen LogP contribution in [-0.4, -0.2) is 54.9 Å². The Hall–Kier alpha value is -0.750. The molecule has 0 unspecified atom stereocenters. The number of thioether (sulfide) groups is 1. The van der Waals surface area contributed by atoms with E-state index < -0.39 is 22.1 Å².